The van der Waals surface area contributed by atoms with E-state index in [0.29, 0.717) is 5.92 Å². The number of unbranched alkanes of at least 4 members (excludes halogenated alkanes) is 2. The highest BCUT2D eigenvalue weighted by molar-refractivity contribution is 4.76. The van der Waals surface area contributed by atoms with Crippen molar-refractivity contribution in [3.8, 4) is 0 Å². The van der Waals surface area contributed by atoms with Gasteiger partial charge in [-0.1, -0.05) is 52.4 Å². The predicted molar refractivity (Wildman–Crippen MR) is 65.9 cm³/mol. The molecule has 90 valence electrons. The van der Waals surface area contributed by atoms with Gasteiger partial charge in [0.05, 0.1) is 6.10 Å². The van der Waals surface area contributed by atoms with Crippen LogP contribution in [0, 0.1) is 11.8 Å². The van der Waals surface area contributed by atoms with Crippen molar-refractivity contribution in [3.05, 3.63) is 0 Å². The van der Waals surface area contributed by atoms with Crippen LogP contribution in [0.4, 0.5) is 0 Å². The Morgan fingerprint density at radius 1 is 1.07 bits per heavy atom. The van der Waals surface area contributed by atoms with E-state index < -0.39 is 0 Å². The second kappa shape index (κ2) is 7.27. The molecule has 0 bridgehead atoms. The van der Waals surface area contributed by atoms with Crippen LogP contribution in [-0.2, 0) is 0 Å². The van der Waals surface area contributed by atoms with E-state index in [-0.39, 0.29) is 6.10 Å². The molecule has 1 saturated carbocycles. The minimum atomic E-state index is -0.00523. The molecule has 1 aliphatic carbocycles. The van der Waals surface area contributed by atoms with E-state index in [2.05, 4.69) is 13.8 Å². The number of hydrogen-bond acceptors (Lipinski definition) is 1. The summed E-state index contributed by atoms with van der Waals surface area (Å²) in [5, 5.41) is 10.1. The van der Waals surface area contributed by atoms with Gasteiger partial charge >= 0.3 is 0 Å². The fourth-order valence-corrected chi connectivity index (χ4v) is 2.82. The fourth-order valence-electron chi connectivity index (χ4n) is 2.82. The van der Waals surface area contributed by atoms with Crippen molar-refractivity contribution in [2.75, 3.05) is 0 Å². The van der Waals surface area contributed by atoms with Gasteiger partial charge in [-0.25, -0.2) is 0 Å². The average molecular weight is 212 g/mol. The Bertz CT molecular complexity index is 147. The molecule has 0 aliphatic heterocycles. The van der Waals surface area contributed by atoms with Crippen LogP contribution >= 0.6 is 0 Å². The Morgan fingerprint density at radius 2 is 1.73 bits per heavy atom. The molecular weight excluding hydrogens is 184 g/mol. The minimum absolute atomic E-state index is 0.00523. The van der Waals surface area contributed by atoms with Crippen molar-refractivity contribution in [1.29, 1.82) is 0 Å². The molecule has 0 radical (unpaired) electrons. The van der Waals surface area contributed by atoms with E-state index in [1.165, 1.54) is 51.4 Å². The maximum Gasteiger partial charge on any atom is 0.0568 e. The van der Waals surface area contributed by atoms with E-state index in [0.717, 1.165) is 12.3 Å². The highest BCUT2D eigenvalue weighted by Gasteiger charge is 2.24. The Kier molecular flexibility index (Phi) is 6.31. The molecule has 1 fully saturated rings. The van der Waals surface area contributed by atoms with Gasteiger partial charge in [0.25, 0.3) is 0 Å². The summed E-state index contributed by atoms with van der Waals surface area (Å²) in [6, 6.07) is 0. The van der Waals surface area contributed by atoms with Gasteiger partial charge in [-0.05, 0) is 31.1 Å². The first-order valence-corrected chi connectivity index (χ1v) is 6.96. The Balaban J connectivity index is 2.15. The van der Waals surface area contributed by atoms with E-state index in [4.69, 9.17) is 0 Å². The summed E-state index contributed by atoms with van der Waals surface area (Å²) in [7, 11) is 0. The molecule has 1 unspecified atom stereocenters. The Morgan fingerprint density at radius 3 is 2.27 bits per heavy atom. The third-order valence-electron chi connectivity index (χ3n) is 4.12. The largest absolute Gasteiger partial charge is 0.393 e. The van der Waals surface area contributed by atoms with Gasteiger partial charge in [-0.2, -0.15) is 0 Å². The molecule has 1 heteroatoms. The van der Waals surface area contributed by atoms with Crippen LogP contribution in [0.1, 0.15) is 71.6 Å². The topological polar surface area (TPSA) is 20.2 Å². The van der Waals surface area contributed by atoms with E-state index in [1.807, 2.05) is 0 Å². The zero-order valence-corrected chi connectivity index (χ0v) is 10.5. The highest BCUT2D eigenvalue weighted by Crippen LogP contribution is 2.33. The average Bonchev–Trinajstić information content (AvgIpc) is 2.29. The van der Waals surface area contributed by atoms with Crippen LogP contribution in [0.3, 0.4) is 0 Å². The van der Waals surface area contributed by atoms with Crippen molar-refractivity contribution < 1.29 is 5.11 Å². The number of rotatable bonds is 6. The van der Waals surface area contributed by atoms with Gasteiger partial charge in [-0.15, -0.1) is 0 Å². The summed E-state index contributed by atoms with van der Waals surface area (Å²) in [6.45, 7) is 4.52. The SMILES string of the molecule is CCCCCC(O)C1CCC(CC)CC1. The van der Waals surface area contributed by atoms with Gasteiger partial charge in [0.1, 0.15) is 0 Å². The lowest BCUT2D eigenvalue weighted by Gasteiger charge is -2.31. The first-order valence-electron chi connectivity index (χ1n) is 6.96. The fraction of sp³-hybridized carbons (Fsp3) is 1.00. The molecule has 0 aromatic heterocycles. The van der Waals surface area contributed by atoms with Gasteiger partial charge in [0.15, 0.2) is 0 Å². The van der Waals surface area contributed by atoms with Gasteiger partial charge < -0.3 is 5.11 Å². The summed E-state index contributed by atoms with van der Waals surface area (Å²) >= 11 is 0. The van der Waals surface area contributed by atoms with Gasteiger partial charge in [0.2, 0.25) is 0 Å². The second-order valence-electron chi connectivity index (χ2n) is 5.25. The molecule has 1 rings (SSSR count). The van der Waals surface area contributed by atoms with Crippen molar-refractivity contribution in [1.82, 2.24) is 0 Å². The normalized spacial score (nSPS) is 29.0. The number of hydrogen-bond donors (Lipinski definition) is 1. The van der Waals surface area contributed by atoms with E-state index >= 15 is 0 Å². The second-order valence-corrected chi connectivity index (χ2v) is 5.25. The molecule has 0 aromatic carbocycles. The van der Waals surface area contributed by atoms with Crippen molar-refractivity contribution in [3.63, 3.8) is 0 Å². The van der Waals surface area contributed by atoms with Gasteiger partial charge in [-0.3, -0.25) is 0 Å². The lowest BCUT2D eigenvalue weighted by Crippen LogP contribution is -2.25. The van der Waals surface area contributed by atoms with Crippen LogP contribution in [0.15, 0.2) is 0 Å². The molecule has 1 atom stereocenters. The zero-order valence-electron chi connectivity index (χ0n) is 10.5. The molecule has 1 nitrogen and oxygen atoms in total. The smallest absolute Gasteiger partial charge is 0.0568 e. The van der Waals surface area contributed by atoms with Gasteiger partial charge in [0, 0.05) is 0 Å². The lowest BCUT2D eigenvalue weighted by molar-refractivity contribution is 0.0643. The monoisotopic (exact) mass is 212 g/mol. The lowest BCUT2D eigenvalue weighted by atomic mass is 9.77. The summed E-state index contributed by atoms with van der Waals surface area (Å²) in [4.78, 5) is 0. The highest BCUT2D eigenvalue weighted by atomic mass is 16.3. The van der Waals surface area contributed by atoms with Crippen LogP contribution in [0.5, 0.6) is 0 Å². The van der Waals surface area contributed by atoms with Crippen molar-refractivity contribution in [2.24, 2.45) is 11.8 Å². The molecule has 0 spiro atoms. The Labute approximate surface area is 95.3 Å². The maximum atomic E-state index is 10.1. The first kappa shape index (κ1) is 13.0. The third-order valence-corrected chi connectivity index (χ3v) is 4.12. The quantitative estimate of drug-likeness (QED) is 0.656. The zero-order chi connectivity index (χ0) is 11.1. The van der Waals surface area contributed by atoms with Crippen molar-refractivity contribution >= 4 is 0 Å². The molecule has 1 N–H and O–H groups in total. The maximum absolute atomic E-state index is 10.1. The summed E-state index contributed by atoms with van der Waals surface area (Å²) < 4.78 is 0. The standard InChI is InChI=1S/C14H28O/c1-3-5-6-7-14(15)13-10-8-12(4-2)9-11-13/h12-15H,3-11H2,1-2H3. The molecule has 0 heterocycles. The van der Waals surface area contributed by atoms with Crippen molar-refractivity contribution in [2.45, 2.75) is 77.7 Å². The summed E-state index contributed by atoms with van der Waals surface area (Å²) in [6.07, 6.45) is 11.4. The van der Waals surface area contributed by atoms with Crippen LogP contribution in [0.25, 0.3) is 0 Å². The Hall–Kier alpha value is -0.0400. The summed E-state index contributed by atoms with van der Waals surface area (Å²) in [5.41, 5.74) is 0. The third kappa shape index (κ3) is 4.55. The van der Waals surface area contributed by atoms with Crippen LogP contribution in [0.2, 0.25) is 0 Å². The summed E-state index contributed by atoms with van der Waals surface area (Å²) in [5.74, 6) is 1.56. The number of aliphatic hydroxyl groups is 1. The molecule has 1 aliphatic rings. The minimum Gasteiger partial charge on any atom is -0.393 e. The molecule has 0 amide bonds. The molecular formula is C14H28O. The molecule has 0 aromatic rings. The molecule has 15 heavy (non-hydrogen) atoms. The first-order chi connectivity index (χ1) is 7.27. The molecule has 0 saturated heterocycles. The van der Waals surface area contributed by atoms with E-state index in [9.17, 15) is 5.11 Å². The predicted octanol–water partition coefficient (Wildman–Crippen LogP) is 4.14. The number of aliphatic hydroxyl groups excluding tert-OH is 1. The van der Waals surface area contributed by atoms with E-state index in [1.54, 1.807) is 0 Å². The van der Waals surface area contributed by atoms with Crippen LogP contribution in [-0.4, -0.2) is 11.2 Å². The van der Waals surface area contributed by atoms with Crippen LogP contribution < -0.4 is 0 Å².